The van der Waals surface area contributed by atoms with Gasteiger partial charge in [0.2, 0.25) is 0 Å². The van der Waals surface area contributed by atoms with Gasteiger partial charge in [-0.05, 0) is 44.0 Å². The predicted octanol–water partition coefficient (Wildman–Crippen LogP) is 2.40. The Labute approximate surface area is 144 Å². The highest BCUT2D eigenvalue weighted by Gasteiger charge is 2.33. The number of carbonyl (C=O) groups excluding carboxylic acids is 1. The lowest BCUT2D eigenvalue weighted by molar-refractivity contribution is 0.0891. The third kappa shape index (κ3) is 5.68. The zero-order chi connectivity index (χ0) is 15.8. The van der Waals surface area contributed by atoms with E-state index in [0.717, 1.165) is 31.6 Å². The Morgan fingerprint density at radius 2 is 2.26 bits per heavy atom. The summed E-state index contributed by atoms with van der Waals surface area (Å²) < 4.78 is 10.9. The number of hydrogen-bond acceptors (Lipinski definition) is 4. The third-order valence-corrected chi connectivity index (χ3v) is 3.91. The summed E-state index contributed by atoms with van der Waals surface area (Å²) >= 11 is 0. The Morgan fingerprint density at radius 3 is 2.91 bits per heavy atom. The van der Waals surface area contributed by atoms with Gasteiger partial charge in [0.05, 0.1) is 18.8 Å². The molecule has 1 saturated heterocycles. The molecule has 1 heterocycles. The van der Waals surface area contributed by atoms with Crippen molar-refractivity contribution in [2.75, 3.05) is 33.4 Å². The first-order valence-corrected chi connectivity index (χ1v) is 7.94. The van der Waals surface area contributed by atoms with Crippen LogP contribution in [-0.4, -0.2) is 44.9 Å². The molecule has 1 fully saturated rings. The van der Waals surface area contributed by atoms with E-state index in [4.69, 9.17) is 9.47 Å². The first-order chi connectivity index (χ1) is 10.7. The van der Waals surface area contributed by atoms with Crippen molar-refractivity contribution >= 4 is 18.3 Å². The Kier molecular flexibility index (Phi) is 8.37. The van der Waals surface area contributed by atoms with Crippen LogP contribution >= 0.6 is 12.4 Å². The summed E-state index contributed by atoms with van der Waals surface area (Å²) in [6, 6.07) is 7.31. The van der Waals surface area contributed by atoms with E-state index < -0.39 is 0 Å². The van der Waals surface area contributed by atoms with Crippen molar-refractivity contribution in [1.82, 2.24) is 10.6 Å². The maximum absolute atomic E-state index is 12.3. The Morgan fingerprint density at radius 1 is 1.43 bits per heavy atom. The number of hydrogen-bond donors (Lipinski definition) is 2. The van der Waals surface area contributed by atoms with Crippen molar-refractivity contribution in [2.45, 2.75) is 31.7 Å². The largest absolute Gasteiger partial charge is 0.494 e. The second kappa shape index (κ2) is 9.75. The van der Waals surface area contributed by atoms with Gasteiger partial charge in [0.1, 0.15) is 5.75 Å². The average Bonchev–Trinajstić information content (AvgIpc) is 3.00. The maximum atomic E-state index is 12.3. The van der Waals surface area contributed by atoms with Crippen LogP contribution in [0.4, 0.5) is 0 Å². The minimum absolute atomic E-state index is 0. The molecule has 0 radical (unpaired) electrons. The van der Waals surface area contributed by atoms with Crippen LogP contribution in [0.25, 0.3) is 0 Å². The smallest absolute Gasteiger partial charge is 0.251 e. The van der Waals surface area contributed by atoms with Gasteiger partial charge in [-0.3, -0.25) is 4.79 Å². The predicted molar refractivity (Wildman–Crippen MR) is 93.7 cm³/mol. The van der Waals surface area contributed by atoms with Gasteiger partial charge in [-0.15, -0.1) is 12.4 Å². The number of ether oxygens (including phenoxy) is 2. The molecule has 1 aromatic rings. The minimum Gasteiger partial charge on any atom is -0.494 e. The molecule has 1 unspecified atom stereocenters. The van der Waals surface area contributed by atoms with E-state index in [1.807, 2.05) is 12.1 Å². The van der Waals surface area contributed by atoms with E-state index in [2.05, 4.69) is 17.6 Å². The van der Waals surface area contributed by atoms with Gasteiger partial charge in [-0.1, -0.05) is 13.0 Å². The van der Waals surface area contributed by atoms with Gasteiger partial charge in [-0.2, -0.15) is 0 Å². The van der Waals surface area contributed by atoms with E-state index >= 15 is 0 Å². The molecule has 0 aliphatic carbocycles. The summed E-state index contributed by atoms with van der Waals surface area (Å²) in [6.07, 6.45) is 3.07. The highest BCUT2D eigenvalue weighted by atomic mass is 35.5. The Hall–Kier alpha value is -1.30. The molecule has 0 spiro atoms. The Balaban J connectivity index is 0.00000264. The van der Waals surface area contributed by atoms with Crippen molar-refractivity contribution < 1.29 is 14.3 Å². The first-order valence-electron chi connectivity index (χ1n) is 7.94. The zero-order valence-electron chi connectivity index (χ0n) is 13.9. The number of amides is 1. The first kappa shape index (κ1) is 19.7. The van der Waals surface area contributed by atoms with Crippen LogP contribution in [0.1, 0.15) is 36.5 Å². The molecule has 1 aliphatic heterocycles. The van der Waals surface area contributed by atoms with Crippen LogP contribution in [0.15, 0.2) is 24.3 Å². The number of halogens is 1. The van der Waals surface area contributed by atoms with E-state index in [1.54, 1.807) is 19.2 Å². The lowest BCUT2D eigenvalue weighted by Crippen LogP contribution is -2.52. The molecular formula is C17H27ClN2O3. The van der Waals surface area contributed by atoms with E-state index in [9.17, 15) is 4.79 Å². The zero-order valence-corrected chi connectivity index (χ0v) is 14.7. The molecule has 1 amide bonds. The normalized spacial score (nSPS) is 19.9. The lowest BCUT2D eigenvalue weighted by atomic mass is 9.98. The second-order valence-corrected chi connectivity index (χ2v) is 5.80. The third-order valence-electron chi connectivity index (χ3n) is 3.91. The average molecular weight is 343 g/mol. The maximum Gasteiger partial charge on any atom is 0.251 e. The van der Waals surface area contributed by atoms with Gasteiger partial charge in [0.25, 0.3) is 5.91 Å². The van der Waals surface area contributed by atoms with Crippen LogP contribution in [-0.2, 0) is 4.74 Å². The monoisotopic (exact) mass is 342 g/mol. The number of rotatable bonds is 8. The Bertz CT molecular complexity index is 490. The van der Waals surface area contributed by atoms with Crippen LogP contribution < -0.4 is 15.4 Å². The van der Waals surface area contributed by atoms with Gasteiger partial charge in [-0.25, -0.2) is 0 Å². The van der Waals surface area contributed by atoms with Crippen molar-refractivity contribution in [1.29, 1.82) is 0 Å². The summed E-state index contributed by atoms with van der Waals surface area (Å²) in [7, 11) is 1.69. The van der Waals surface area contributed by atoms with Crippen molar-refractivity contribution in [2.24, 2.45) is 0 Å². The molecule has 6 heteroatoms. The van der Waals surface area contributed by atoms with Gasteiger partial charge >= 0.3 is 0 Å². The van der Waals surface area contributed by atoms with E-state index in [-0.39, 0.29) is 23.9 Å². The van der Waals surface area contributed by atoms with Crippen molar-refractivity contribution in [3.05, 3.63) is 29.8 Å². The molecule has 5 nitrogen and oxygen atoms in total. The van der Waals surface area contributed by atoms with Crippen molar-refractivity contribution in [3.63, 3.8) is 0 Å². The summed E-state index contributed by atoms with van der Waals surface area (Å²) in [6.45, 7) is 4.86. The molecular weight excluding hydrogens is 316 g/mol. The van der Waals surface area contributed by atoms with E-state index in [0.29, 0.717) is 25.3 Å². The summed E-state index contributed by atoms with van der Waals surface area (Å²) in [5.41, 5.74) is 0.486. The molecule has 130 valence electrons. The number of methoxy groups -OCH3 is 1. The highest BCUT2D eigenvalue weighted by Crippen LogP contribution is 2.19. The molecule has 1 aliphatic rings. The molecule has 0 saturated carbocycles. The SMILES string of the molecule is CCCOc1cccc(C(=O)NCC2(COC)CCCN2)c1.Cl. The van der Waals surface area contributed by atoms with Gasteiger partial charge in [0, 0.05) is 19.2 Å². The van der Waals surface area contributed by atoms with Gasteiger partial charge < -0.3 is 20.1 Å². The van der Waals surface area contributed by atoms with Crippen LogP contribution in [0.5, 0.6) is 5.75 Å². The lowest BCUT2D eigenvalue weighted by Gasteiger charge is -2.29. The fourth-order valence-electron chi connectivity index (χ4n) is 2.77. The summed E-state index contributed by atoms with van der Waals surface area (Å²) in [5.74, 6) is 0.659. The molecule has 1 aromatic carbocycles. The molecule has 0 bridgehead atoms. The number of benzene rings is 1. The molecule has 0 aromatic heterocycles. The quantitative estimate of drug-likeness (QED) is 0.761. The number of carbonyl (C=O) groups is 1. The van der Waals surface area contributed by atoms with E-state index in [1.165, 1.54) is 0 Å². The standard InChI is InChI=1S/C17H26N2O3.ClH/c1-3-10-22-15-7-4-6-14(11-15)16(20)18-12-17(13-21-2)8-5-9-19-17;/h4,6-7,11,19H,3,5,8-10,12-13H2,1-2H3,(H,18,20);1H. The molecule has 2 rings (SSSR count). The van der Waals surface area contributed by atoms with Crippen LogP contribution in [0.2, 0.25) is 0 Å². The second-order valence-electron chi connectivity index (χ2n) is 5.80. The fourth-order valence-corrected chi connectivity index (χ4v) is 2.77. The topological polar surface area (TPSA) is 59.6 Å². The summed E-state index contributed by atoms with van der Waals surface area (Å²) in [5, 5.41) is 6.47. The molecule has 2 N–H and O–H groups in total. The van der Waals surface area contributed by atoms with Crippen LogP contribution in [0, 0.1) is 0 Å². The van der Waals surface area contributed by atoms with Crippen LogP contribution in [0.3, 0.4) is 0 Å². The van der Waals surface area contributed by atoms with Gasteiger partial charge in [0.15, 0.2) is 0 Å². The molecule has 1 atom stereocenters. The highest BCUT2D eigenvalue weighted by molar-refractivity contribution is 5.94. The van der Waals surface area contributed by atoms with Crippen molar-refractivity contribution in [3.8, 4) is 5.75 Å². The number of nitrogens with one attached hydrogen (secondary N) is 2. The molecule has 23 heavy (non-hydrogen) atoms. The summed E-state index contributed by atoms with van der Waals surface area (Å²) in [4.78, 5) is 12.3. The minimum atomic E-state index is -0.138. The fraction of sp³-hybridized carbons (Fsp3) is 0.588.